The molecule has 2 aliphatic rings. The molecule has 2 aromatic rings. The zero-order valence-electron chi connectivity index (χ0n) is 14.2. The van der Waals surface area contributed by atoms with E-state index in [1.165, 1.54) is 0 Å². The summed E-state index contributed by atoms with van der Waals surface area (Å²) in [4.78, 5) is 26.9. The predicted molar refractivity (Wildman–Crippen MR) is 93.7 cm³/mol. The van der Waals surface area contributed by atoms with Crippen LogP contribution in [0.25, 0.3) is 0 Å². The third-order valence-corrected chi connectivity index (χ3v) is 4.58. The van der Waals surface area contributed by atoms with Crippen molar-refractivity contribution in [2.24, 2.45) is 0 Å². The third kappa shape index (κ3) is 3.47. The van der Waals surface area contributed by atoms with E-state index in [2.05, 4.69) is 5.32 Å². The lowest BCUT2D eigenvalue weighted by Gasteiger charge is -2.30. The Bertz CT molecular complexity index is 781. The molecule has 2 bridgehead atoms. The van der Waals surface area contributed by atoms with Gasteiger partial charge in [0.05, 0.1) is 6.54 Å². The summed E-state index contributed by atoms with van der Waals surface area (Å²) >= 11 is 0. The average molecular weight is 352 g/mol. The van der Waals surface area contributed by atoms with E-state index in [1.807, 2.05) is 60.7 Å². The van der Waals surface area contributed by atoms with Gasteiger partial charge >= 0.3 is 0 Å². The van der Waals surface area contributed by atoms with Crippen LogP contribution in [0.5, 0.6) is 0 Å². The van der Waals surface area contributed by atoms with E-state index in [0.29, 0.717) is 19.6 Å². The zero-order chi connectivity index (χ0) is 17.9. The molecule has 2 saturated heterocycles. The minimum Gasteiger partial charge on any atom is -0.350 e. The monoisotopic (exact) mass is 352 g/mol. The molecule has 2 aliphatic heterocycles. The Kier molecular flexibility index (Phi) is 4.69. The maximum absolute atomic E-state index is 12.7. The number of hydrogen-bond acceptors (Lipinski definition) is 4. The van der Waals surface area contributed by atoms with E-state index in [-0.39, 0.29) is 11.8 Å². The van der Waals surface area contributed by atoms with Crippen molar-refractivity contribution in [3.63, 3.8) is 0 Å². The van der Waals surface area contributed by atoms with Crippen LogP contribution in [0.15, 0.2) is 60.7 Å². The highest BCUT2D eigenvalue weighted by Crippen LogP contribution is 2.28. The molecule has 26 heavy (non-hydrogen) atoms. The molecule has 3 atom stereocenters. The molecule has 2 aromatic carbocycles. The lowest BCUT2D eigenvalue weighted by atomic mass is 10.1. The second-order valence-corrected chi connectivity index (χ2v) is 6.45. The van der Waals surface area contributed by atoms with Crippen molar-refractivity contribution < 1.29 is 19.1 Å². The smallest absolute Gasteiger partial charge is 0.255 e. The number of rotatable bonds is 5. The van der Waals surface area contributed by atoms with Crippen LogP contribution < -0.4 is 5.32 Å². The maximum atomic E-state index is 12.7. The third-order valence-electron chi connectivity index (χ3n) is 4.58. The van der Waals surface area contributed by atoms with Gasteiger partial charge in [-0.25, -0.2) is 0 Å². The van der Waals surface area contributed by atoms with Gasteiger partial charge in [0.2, 0.25) is 0 Å². The van der Waals surface area contributed by atoms with Crippen LogP contribution in [0.4, 0.5) is 0 Å². The van der Waals surface area contributed by atoms with Crippen molar-refractivity contribution in [1.29, 1.82) is 0 Å². The molecule has 6 nitrogen and oxygen atoms in total. The van der Waals surface area contributed by atoms with Gasteiger partial charge in [0.25, 0.3) is 11.8 Å². The van der Waals surface area contributed by atoms with E-state index in [0.717, 1.165) is 11.1 Å². The van der Waals surface area contributed by atoms with Crippen molar-refractivity contribution in [3.8, 4) is 0 Å². The Morgan fingerprint density at radius 2 is 1.65 bits per heavy atom. The van der Waals surface area contributed by atoms with Crippen LogP contribution in [0.3, 0.4) is 0 Å². The van der Waals surface area contributed by atoms with Gasteiger partial charge < -0.3 is 19.7 Å². The summed E-state index contributed by atoms with van der Waals surface area (Å²) in [5.41, 5.74) is 2.02. The quantitative estimate of drug-likeness (QED) is 0.885. The van der Waals surface area contributed by atoms with Crippen LogP contribution >= 0.6 is 0 Å². The number of fused-ring (bicyclic) bond motifs is 2. The van der Waals surface area contributed by atoms with Crippen LogP contribution in [0.1, 0.15) is 11.1 Å². The number of benzene rings is 2. The minimum absolute atomic E-state index is 0.206. The van der Waals surface area contributed by atoms with Crippen LogP contribution in [0.2, 0.25) is 0 Å². The summed E-state index contributed by atoms with van der Waals surface area (Å²) in [6.07, 6.45) is -2.35. The molecule has 2 fully saturated rings. The number of nitrogens with one attached hydrogen (secondary N) is 1. The fraction of sp³-hybridized carbons (Fsp3) is 0.300. The minimum atomic E-state index is -0.906. The maximum Gasteiger partial charge on any atom is 0.255 e. The fourth-order valence-electron chi connectivity index (χ4n) is 3.26. The van der Waals surface area contributed by atoms with Gasteiger partial charge in [0.15, 0.2) is 18.5 Å². The fourth-order valence-corrected chi connectivity index (χ4v) is 3.26. The first-order chi connectivity index (χ1) is 12.7. The zero-order valence-corrected chi connectivity index (χ0v) is 14.2. The summed E-state index contributed by atoms with van der Waals surface area (Å²) < 4.78 is 11.3. The average Bonchev–Trinajstić information content (AvgIpc) is 3.05. The first-order valence-corrected chi connectivity index (χ1v) is 8.66. The molecule has 0 aliphatic carbocycles. The Morgan fingerprint density at radius 1 is 1.00 bits per heavy atom. The first-order valence-electron chi connectivity index (χ1n) is 8.66. The van der Waals surface area contributed by atoms with E-state index >= 15 is 0 Å². The normalized spacial score (nSPS) is 24.5. The summed E-state index contributed by atoms with van der Waals surface area (Å²) in [7, 11) is 0. The molecule has 6 heteroatoms. The van der Waals surface area contributed by atoms with E-state index in [9.17, 15) is 9.59 Å². The van der Waals surface area contributed by atoms with Crippen molar-refractivity contribution in [2.75, 3.05) is 6.54 Å². The molecule has 0 aromatic heterocycles. The molecule has 0 unspecified atom stereocenters. The first kappa shape index (κ1) is 16.8. The number of amides is 2. The lowest BCUT2D eigenvalue weighted by Crippen LogP contribution is -2.51. The van der Waals surface area contributed by atoms with Crippen LogP contribution in [-0.2, 0) is 32.2 Å². The standard InChI is InChI=1S/C20H20N2O4/c23-19(21-11-14-7-3-1-4-8-14)17-18-20(24)22(13-16(25-17)26-18)12-15-9-5-2-6-10-15/h1-10,16-18H,11-13H2,(H,21,23)/t16-,17-,18-/m1/s1. The Balaban J connectivity index is 1.39. The van der Waals surface area contributed by atoms with Crippen molar-refractivity contribution in [3.05, 3.63) is 71.8 Å². The highest BCUT2D eigenvalue weighted by molar-refractivity contribution is 5.92. The van der Waals surface area contributed by atoms with Gasteiger partial charge in [-0.05, 0) is 11.1 Å². The summed E-state index contributed by atoms with van der Waals surface area (Å²) in [6, 6.07) is 19.3. The highest BCUT2D eigenvalue weighted by Gasteiger charge is 2.51. The molecule has 0 saturated carbocycles. The predicted octanol–water partition coefficient (Wildman–Crippen LogP) is 1.46. The summed E-state index contributed by atoms with van der Waals surface area (Å²) in [6.45, 7) is 1.20. The Labute approximate surface area is 151 Å². The van der Waals surface area contributed by atoms with Gasteiger partial charge in [-0.15, -0.1) is 0 Å². The van der Waals surface area contributed by atoms with Gasteiger partial charge in [0.1, 0.15) is 0 Å². The van der Waals surface area contributed by atoms with Crippen molar-refractivity contribution in [2.45, 2.75) is 31.6 Å². The van der Waals surface area contributed by atoms with Crippen molar-refractivity contribution >= 4 is 11.8 Å². The molecule has 4 rings (SSSR count). The van der Waals surface area contributed by atoms with Gasteiger partial charge in [-0.1, -0.05) is 60.7 Å². The number of carbonyl (C=O) groups is 2. The summed E-state index contributed by atoms with van der Waals surface area (Å²) in [5, 5.41) is 2.82. The molecular weight excluding hydrogens is 332 g/mol. The second kappa shape index (κ2) is 7.27. The summed E-state index contributed by atoms with van der Waals surface area (Å²) in [5.74, 6) is -0.529. The highest BCUT2D eigenvalue weighted by atomic mass is 16.7. The number of hydrogen-bond donors (Lipinski definition) is 1. The Morgan fingerprint density at radius 3 is 2.35 bits per heavy atom. The Hall–Kier alpha value is -2.70. The SMILES string of the molecule is O=C(NCc1ccccc1)[C@@H]1O[C@H]2CN(Cc3ccccc3)C(=O)[C@@H]1O2. The van der Waals surface area contributed by atoms with E-state index in [4.69, 9.17) is 9.47 Å². The molecule has 2 heterocycles. The largest absolute Gasteiger partial charge is 0.350 e. The molecule has 0 spiro atoms. The molecule has 2 amide bonds. The van der Waals surface area contributed by atoms with Crippen molar-refractivity contribution in [1.82, 2.24) is 10.2 Å². The van der Waals surface area contributed by atoms with Crippen LogP contribution in [-0.4, -0.2) is 41.8 Å². The number of morpholine rings is 1. The van der Waals surface area contributed by atoms with E-state index in [1.54, 1.807) is 4.90 Å². The van der Waals surface area contributed by atoms with Gasteiger partial charge in [-0.2, -0.15) is 0 Å². The second-order valence-electron chi connectivity index (χ2n) is 6.45. The molecule has 0 radical (unpaired) electrons. The topological polar surface area (TPSA) is 67.9 Å². The van der Waals surface area contributed by atoms with Gasteiger partial charge in [0, 0.05) is 13.1 Å². The molecule has 1 N–H and O–H groups in total. The molecular formula is C20H20N2O4. The number of nitrogens with zero attached hydrogens (tertiary/aromatic N) is 1. The van der Waals surface area contributed by atoms with E-state index < -0.39 is 18.5 Å². The van der Waals surface area contributed by atoms with Gasteiger partial charge in [-0.3, -0.25) is 9.59 Å². The number of ether oxygens (including phenoxy) is 2. The van der Waals surface area contributed by atoms with Crippen LogP contribution in [0, 0.1) is 0 Å². The lowest BCUT2D eigenvalue weighted by molar-refractivity contribution is -0.162. The number of carbonyl (C=O) groups excluding carboxylic acids is 2. The molecule has 134 valence electrons.